The fourth-order valence-corrected chi connectivity index (χ4v) is 10.3. The van der Waals surface area contributed by atoms with Gasteiger partial charge in [-0.05, 0) is 38.2 Å². The van der Waals surface area contributed by atoms with E-state index >= 15 is 0 Å². The largest absolute Gasteiger partial charge is 0.395 e. The summed E-state index contributed by atoms with van der Waals surface area (Å²) >= 11 is 1.69. The molecule has 3 heterocycles. The second kappa shape index (κ2) is 11.7. The van der Waals surface area contributed by atoms with E-state index in [2.05, 4.69) is 20.1 Å². The molecule has 3 amide bonds. The Morgan fingerprint density at radius 1 is 1.07 bits per heavy atom. The molecule has 7 nitrogen and oxygen atoms in total. The van der Waals surface area contributed by atoms with Crippen LogP contribution in [0.5, 0.6) is 0 Å². The van der Waals surface area contributed by atoms with Crippen molar-refractivity contribution in [1.29, 1.82) is 0 Å². The minimum Gasteiger partial charge on any atom is -0.395 e. The highest BCUT2D eigenvalue weighted by atomic mass is 32.2. The summed E-state index contributed by atoms with van der Waals surface area (Å²) in [5.41, 5.74) is 1.02. The molecule has 5 atom stereocenters. The van der Waals surface area contributed by atoms with Gasteiger partial charge in [0.2, 0.25) is 17.7 Å². The lowest BCUT2D eigenvalue weighted by Crippen LogP contribution is -2.57. The molecular formula is C32H43N3O4S. The van der Waals surface area contributed by atoms with E-state index in [4.69, 9.17) is 0 Å². The first-order valence-electron chi connectivity index (χ1n) is 14.8. The molecule has 5 rings (SSSR count). The average molecular weight is 566 g/mol. The molecule has 0 aromatic heterocycles. The second-order valence-corrected chi connectivity index (χ2v) is 13.9. The summed E-state index contributed by atoms with van der Waals surface area (Å²) in [6.45, 7) is 11.1. The molecule has 4 fully saturated rings. The first-order chi connectivity index (χ1) is 19.3. The molecule has 1 saturated carbocycles. The third-order valence-electron chi connectivity index (χ3n) is 9.62. The van der Waals surface area contributed by atoms with Gasteiger partial charge in [0, 0.05) is 37.0 Å². The summed E-state index contributed by atoms with van der Waals surface area (Å²) < 4.78 is -1.12. The Hall–Kier alpha value is -2.58. The van der Waals surface area contributed by atoms with E-state index in [9.17, 15) is 19.5 Å². The lowest BCUT2D eigenvalue weighted by molar-refractivity contribution is -0.146. The van der Waals surface area contributed by atoms with Gasteiger partial charge in [0.1, 0.15) is 6.04 Å². The summed E-state index contributed by atoms with van der Waals surface area (Å²) in [4.78, 5) is 48.5. The van der Waals surface area contributed by atoms with Crippen molar-refractivity contribution in [3.8, 4) is 0 Å². The minimum absolute atomic E-state index is 0.0480. The van der Waals surface area contributed by atoms with Crippen molar-refractivity contribution in [2.24, 2.45) is 11.8 Å². The smallest absolute Gasteiger partial charge is 0.247 e. The van der Waals surface area contributed by atoms with E-state index in [0.717, 1.165) is 37.7 Å². The lowest BCUT2D eigenvalue weighted by atomic mass is 9.66. The number of likely N-dealkylation sites (tertiary alicyclic amines) is 1. The number of hydrogen-bond acceptors (Lipinski definition) is 5. The Balaban J connectivity index is 1.51. The Morgan fingerprint density at radius 2 is 1.77 bits per heavy atom. The van der Waals surface area contributed by atoms with Crippen molar-refractivity contribution in [3.05, 3.63) is 61.2 Å². The predicted octanol–water partition coefficient (Wildman–Crippen LogP) is 4.02. The van der Waals surface area contributed by atoms with Crippen molar-refractivity contribution in [1.82, 2.24) is 14.7 Å². The molecule has 1 aliphatic carbocycles. The van der Waals surface area contributed by atoms with E-state index < -0.39 is 27.4 Å². The number of rotatable bonds is 11. The molecule has 1 aromatic carbocycles. The highest BCUT2D eigenvalue weighted by Crippen LogP contribution is 2.71. The monoisotopic (exact) mass is 565 g/mol. The topological polar surface area (TPSA) is 81.2 Å². The minimum atomic E-state index is -0.689. The fourth-order valence-electron chi connectivity index (χ4n) is 7.93. The van der Waals surface area contributed by atoms with E-state index in [-0.39, 0.29) is 36.9 Å². The van der Waals surface area contributed by atoms with E-state index in [1.54, 1.807) is 33.7 Å². The number of hydrogen-bond donors (Lipinski definition) is 1. The number of β-amino-alcohol motifs (C(OH)–C–C–N with tert-alkyl or cyclic N) is 1. The standard InChI is InChI=1S/C32H43N3O4S/c1-4-18-33(22-23-12-8-6-9-13-23)28(37)25-26-29(38)35(20-21-36)27(32(26)17-16-31(25,3)40-32)30(39)34(19-5-2)24-14-10-7-11-15-24/h4-6,8-9,12-13,24-27,36H,1-2,7,10-11,14-22H2,3H3/t25-,26+,27?,31+,32?/m1/s1. The Kier molecular flexibility index (Phi) is 8.48. The van der Waals surface area contributed by atoms with Crippen LogP contribution in [0.2, 0.25) is 0 Å². The highest BCUT2D eigenvalue weighted by Gasteiger charge is 2.77. The summed E-state index contributed by atoms with van der Waals surface area (Å²) in [5, 5.41) is 9.99. The number of aliphatic hydroxyl groups excluding tert-OH is 1. The summed E-state index contributed by atoms with van der Waals surface area (Å²) in [7, 11) is 0. The molecule has 3 saturated heterocycles. The van der Waals surface area contributed by atoms with E-state index in [1.165, 1.54) is 6.42 Å². The number of carbonyl (C=O) groups is 3. The molecule has 1 spiro atoms. The van der Waals surface area contributed by atoms with Crippen molar-refractivity contribution in [2.75, 3.05) is 26.2 Å². The van der Waals surface area contributed by atoms with Crippen LogP contribution in [0.1, 0.15) is 57.4 Å². The van der Waals surface area contributed by atoms with Crippen LogP contribution in [0.3, 0.4) is 0 Å². The SMILES string of the molecule is C=CCN(Cc1ccccc1)C(=O)[C@H]1[C@H]2C(=O)N(CCO)C(C(=O)N(CC=C)C3CCCCC3)C23CC[C@]1(C)S3. The van der Waals surface area contributed by atoms with Gasteiger partial charge < -0.3 is 19.8 Å². The molecule has 40 heavy (non-hydrogen) atoms. The van der Waals surface area contributed by atoms with Crippen LogP contribution < -0.4 is 0 Å². The number of thioether (sulfide) groups is 1. The average Bonchev–Trinajstić information content (AvgIpc) is 3.53. The number of benzene rings is 1. The third kappa shape index (κ3) is 4.81. The zero-order valence-corrected chi connectivity index (χ0v) is 24.5. The van der Waals surface area contributed by atoms with Crippen molar-refractivity contribution in [2.45, 2.75) is 80.0 Å². The van der Waals surface area contributed by atoms with Gasteiger partial charge in [-0.1, -0.05) is 61.7 Å². The van der Waals surface area contributed by atoms with Crippen LogP contribution in [-0.4, -0.2) is 85.3 Å². The number of amides is 3. The molecule has 1 aromatic rings. The van der Waals surface area contributed by atoms with Crippen LogP contribution in [0.25, 0.3) is 0 Å². The Morgan fingerprint density at radius 3 is 2.42 bits per heavy atom. The Labute approximate surface area is 242 Å². The lowest BCUT2D eigenvalue weighted by Gasteiger charge is -2.41. The number of aliphatic hydroxyl groups is 1. The van der Waals surface area contributed by atoms with Gasteiger partial charge in [0.05, 0.1) is 23.2 Å². The fraction of sp³-hybridized carbons (Fsp3) is 0.594. The summed E-state index contributed by atoms with van der Waals surface area (Å²) in [6, 6.07) is 9.31. The number of fused-ring (bicyclic) bond motifs is 1. The molecule has 8 heteroatoms. The maximum Gasteiger partial charge on any atom is 0.247 e. The van der Waals surface area contributed by atoms with Gasteiger partial charge in [-0.15, -0.1) is 24.9 Å². The molecule has 4 aliphatic rings. The van der Waals surface area contributed by atoms with E-state index in [1.807, 2.05) is 35.2 Å². The van der Waals surface area contributed by atoms with Gasteiger partial charge in [-0.3, -0.25) is 14.4 Å². The first kappa shape index (κ1) is 28.9. The zero-order chi connectivity index (χ0) is 28.5. The van der Waals surface area contributed by atoms with Crippen LogP contribution >= 0.6 is 11.8 Å². The molecule has 0 radical (unpaired) electrons. The van der Waals surface area contributed by atoms with Gasteiger partial charge in [0.15, 0.2) is 0 Å². The molecule has 1 N–H and O–H groups in total. The highest BCUT2D eigenvalue weighted by molar-refractivity contribution is 8.02. The normalized spacial score (nSPS) is 31.2. The maximum atomic E-state index is 14.5. The molecule has 2 bridgehead atoms. The van der Waals surface area contributed by atoms with Gasteiger partial charge >= 0.3 is 0 Å². The van der Waals surface area contributed by atoms with Crippen molar-refractivity contribution < 1.29 is 19.5 Å². The van der Waals surface area contributed by atoms with Crippen molar-refractivity contribution in [3.63, 3.8) is 0 Å². The third-order valence-corrected chi connectivity index (χ3v) is 11.6. The number of carbonyl (C=O) groups excluding carboxylic acids is 3. The quantitative estimate of drug-likeness (QED) is 0.410. The predicted molar refractivity (Wildman–Crippen MR) is 158 cm³/mol. The van der Waals surface area contributed by atoms with Crippen LogP contribution in [0.15, 0.2) is 55.6 Å². The molecule has 3 aliphatic heterocycles. The Bertz CT molecular complexity index is 1140. The zero-order valence-electron chi connectivity index (χ0n) is 23.7. The second-order valence-electron chi connectivity index (χ2n) is 12.0. The maximum absolute atomic E-state index is 14.5. The van der Waals surface area contributed by atoms with Crippen molar-refractivity contribution >= 4 is 29.5 Å². The summed E-state index contributed by atoms with van der Waals surface area (Å²) in [6.07, 6.45) is 10.3. The summed E-state index contributed by atoms with van der Waals surface area (Å²) in [5.74, 6) is -1.39. The molecule has 2 unspecified atom stereocenters. The van der Waals surface area contributed by atoms with Crippen LogP contribution in [-0.2, 0) is 20.9 Å². The molecule has 216 valence electrons. The van der Waals surface area contributed by atoms with Crippen LogP contribution in [0.4, 0.5) is 0 Å². The van der Waals surface area contributed by atoms with Gasteiger partial charge in [-0.2, -0.15) is 0 Å². The number of nitrogens with zero attached hydrogens (tertiary/aromatic N) is 3. The van der Waals surface area contributed by atoms with Gasteiger partial charge in [-0.25, -0.2) is 0 Å². The van der Waals surface area contributed by atoms with Crippen LogP contribution in [0, 0.1) is 11.8 Å². The van der Waals surface area contributed by atoms with E-state index in [0.29, 0.717) is 26.1 Å². The molecular weight excluding hydrogens is 522 g/mol. The first-order valence-corrected chi connectivity index (χ1v) is 15.6. The van der Waals surface area contributed by atoms with Gasteiger partial charge in [0.25, 0.3) is 0 Å².